The third kappa shape index (κ3) is 3.52. The first kappa shape index (κ1) is 20.2. The van der Waals surface area contributed by atoms with Gasteiger partial charge >= 0.3 is 0 Å². The number of nitrogens with zero attached hydrogens (tertiary/aromatic N) is 3. The van der Waals surface area contributed by atoms with Crippen molar-refractivity contribution in [1.82, 2.24) is 19.9 Å². The van der Waals surface area contributed by atoms with Crippen molar-refractivity contribution in [2.75, 3.05) is 33.8 Å². The summed E-state index contributed by atoms with van der Waals surface area (Å²) in [5.41, 5.74) is 1.44. The molecular formula is C21H21N5O5. The van der Waals surface area contributed by atoms with E-state index in [4.69, 9.17) is 18.9 Å². The lowest BCUT2D eigenvalue weighted by molar-refractivity contribution is 0.355. The van der Waals surface area contributed by atoms with Gasteiger partial charge in [-0.3, -0.25) is 15.1 Å². The van der Waals surface area contributed by atoms with Gasteiger partial charge in [0.2, 0.25) is 11.9 Å². The summed E-state index contributed by atoms with van der Waals surface area (Å²) in [6, 6.07) is 6.96. The second kappa shape index (κ2) is 7.98. The van der Waals surface area contributed by atoms with E-state index in [1.54, 1.807) is 32.4 Å². The molecule has 2 heterocycles. The van der Waals surface area contributed by atoms with Crippen LogP contribution in [0.2, 0.25) is 0 Å². The second-order valence-corrected chi connectivity index (χ2v) is 6.59. The molecule has 10 heteroatoms. The molecule has 0 atom stereocenters. The zero-order valence-electron chi connectivity index (χ0n) is 17.7. The highest BCUT2D eigenvalue weighted by Gasteiger charge is 2.16. The zero-order valence-corrected chi connectivity index (χ0v) is 17.7. The van der Waals surface area contributed by atoms with Gasteiger partial charge in [-0.25, -0.2) is 15.0 Å². The Kier molecular flexibility index (Phi) is 5.20. The summed E-state index contributed by atoms with van der Waals surface area (Å²) in [6.45, 7) is 1.86. The Bertz CT molecular complexity index is 1350. The molecule has 4 aromatic rings. The fourth-order valence-corrected chi connectivity index (χ4v) is 3.38. The van der Waals surface area contributed by atoms with E-state index in [0.717, 1.165) is 11.1 Å². The molecule has 2 N–H and O–H groups in total. The number of hydrogen-bond donors (Lipinski definition) is 2. The fraction of sp³-hybridized carbons (Fsp3) is 0.238. The lowest BCUT2D eigenvalue weighted by Crippen LogP contribution is -2.13. The fourth-order valence-electron chi connectivity index (χ4n) is 3.38. The summed E-state index contributed by atoms with van der Waals surface area (Å²) >= 11 is 0. The van der Waals surface area contributed by atoms with Crippen LogP contribution >= 0.6 is 0 Å². The van der Waals surface area contributed by atoms with Crippen LogP contribution in [0.1, 0.15) is 5.69 Å². The average Bonchev–Trinajstić information content (AvgIpc) is 2.77. The Hall–Kier alpha value is -4.08. The standard InChI is InChI=1S/C21H21N5O5/c1-10-11-8-15(29-3)16(30-4)9-13(11)24-20(22-10)26-21-23-12-6-7-14(28-2)18(31-5)17(12)19(27)25-21/h6-9H,1-5H3,(H2,22,23,24,25,26,27). The van der Waals surface area contributed by atoms with Crippen LogP contribution in [0, 0.1) is 6.92 Å². The third-order valence-electron chi connectivity index (χ3n) is 4.84. The Morgan fingerprint density at radius 3 is 2.23 bits per heavy atom. The molecule has 160 valence electrons. The lowest BCUT2D eigenvalue weighted by atomic mass is 10.1. The van der Waals surface area contributed by atoms with Crippen molar-refractivity contribution in [3.8, 4) is 23.0 Å². The van der Waals surface area contributed by atoms with Gasteiger partial charge in [0, 0.05) is 11.5 Å². The number of aromatic nitrogens is 4. The Balaban J connectivity index is 1.79. The molecule has 0 aliphatic carbocycles. The van der Waals surface area contributed by atoms with E-state index >= 15 is 0 Å². The number of benzene rings is 2. The number of nitrogens with one attached hydrogen (secondary N) is 2. The van der Waals surface area contributed by atoms with Crippen molar-refractivity contribution in [2.45, 2.75) is 6.92 Å². The molecule has 0 unspecified atom stereocenters. The van der Waals surface area contributed by atoms with E-state index in [-0.39, 0.29) is 17.5 Å². The van der Waals surface area contributed by atoms with Crippen molar-refractivity contribution in [1.29, 1.82) is 0 Å². The van der Waals surface area contributed by atoms with Crippen LogP contribution in [0.25, 0.3) is 21.8 Å². The maximum atomic E-state index is 12.7. The molecular weight excluding hydrogens is 402 g/mol. The van der Waals surface area contributed by atoms with Crippen molar-refractivity contribution in [2.24, 2.45) is 0 Å². The first-order chi connectivity index (χ1) is 15.0. The quantitative estimate of drug-likeness (QED) is 0.482. The minimum absolute atomic E-state index is 0.198. The van der Waals surface area contributed by atoms with Crippen LogP contribution in [-0.4, -0.2) is 48.4 Å². The summed E-state index contributed by atoms with van der Waals surface area (Å²) in [4.78, 5) is 28.9. The number of methoxy groups -OCH3 is 4. The van der Waals surface area contributed by atoms with E-state index in [2.05, 4.69) is 25.3 Å². The van der Waals surface area contributed by atoms with Crippen LogP contribution < -0.4 is 29.8 Å². The highest BCUT2D eigenvalue weighted by Crippen LogP contribution is 2.34. The number of rotatable bonds is 6. The summed E-state index contributed by atoms with van der Waals surface area (Å²) < 4.78 is 21.3. The summed E-state index contributed by atoms with van der Waals surface area (Å²) in [6.07, 6.45) is 0. The minimum Gasteiger partial charge on any atom is -0.493 e. The molecule has 2 aromatic carbocycles. The second-order valence-electron chi connectivity index (χ2n) is 6.59. The SMILES string of the molecule is COc1cc2nc(Nc3nc4ccc(OC)c(OC)c4c(=O)[nH]3)nc(C)c2cc1OC. The van der Waals surface area contributed by atoms with Crippen LogP contribution in [0.15, 0.2) is 29.1 Å². The van der Waals surface area contributed by atoms with Crippen molar-refractivity contribution in [3.63, 3.8) is 0 Å². The van der Waals surface area contributed by atoms with Gasteiger partial charge in [-0.2, -0.15) is 0 Å². The van der Waals surface area contributed by atoms with E-state index < -0.39 is 0 Å². The van der Waals surface area contributed by atoms with E-state index in [9.17, 15) is 4.79 Å². The molecule has 0 aliphatic rings. The summed E-state index contributed by atoms with van der Waals surface area (Å²) in [7, 11) is 6.11. The van der Waals surface area contributed by atoms with E-state index in [1.807, 2.05) is 13.0 Å². The van der Waals surface area contributed by atoms with Crippen molar-refractivity contribution < 1.29 is 18.9 Å². The molecule has 0 radical (unpaired) electrons. The Morgan fingerprint density at radius 1 is 0.839 bits per heavy atom. The average molecular weight is 423 g/mol. The highest BCUT2D eigenvalue weighted by atomic mass is 16.5. The zero-order chi connectivity index (χ0) is 22.1. The van der Waals surface area contributed by atoms with Crippen molar-refractivity contribution >= 4 is 33.7 Å². The maximum Gasteiger partial charge on any atom is 0.264 e. The normalized spacial score (nSPS) is 10.9. The number of anilines is 2. The molecule has 4 rings (SSSR count). The smallest absolute Gasteiger partial charge is 0.264 e. The molecule has 10 nitrogen and oxygen atoms in total. The van der Waals surface area contributed by atoms with Gasteiger partial charge in [-0.05, 0) is 25.1 Å². The number of aromatic amines is 1. The minimum atomic E-state index is -0.382. The van der Waals surface area contributed by atoms with Crippen LogP contribution in [0.5, 0.6) is 23.0 Å². The molecule has 0 saturated carbocycles. The number of aryl methyl sites for hydroxylation is 1. The Labute approximate surface area is 177 Å². The molecule has 0 aliphatic heterocycles. The predicted octanol–water partition coefficient (Wildman–Crippen LogP) is 2.95. The van der Waals surface area contributed by atoms with E-state index in [1.165, 1.54) is 14.2 Å². The number of hydrogen-bond acceptors (Lipinski definition) is 9. The number of H-pyrrole nitrogens is 1. The van der Waals surface area contributed by atoms with Gasteiger partial charge in [-0.1, -0.05) is 0 Å². The third-order valence-corrected chi connectivity index (χ3v) is 4.84. The predicted molar refractivity (Wildman–Crippen MR) is 116 cm³/mol. The molecule has 0 fully saturated rings. The van der Waals surface area contributed by atoms with Crippen molar-refractivity contribution in [3.05, 3.63) is 40.3 Å². The van der Waals surface area contributed by atoms with Crippen LogP contribution in [0.4, 0.5) is 11.9 Å². The van der Waals surface area contributed by atoms with Crippen LogP contribution in [-0.2, 0) is 0 Å². The van der Waals surface area contributed by atoms with Gasteiger partial charge in [0.1, 0.15) is 5.39 Å². The first-order valence-electron chi connectivity index (χ1n) is 9.31. The number of ether oxygens (including phenoxy) is 4. The molecule has 0 saturated heterocycles. The number of fused-ring (bicyclic) bond motifs is 2. The van der Waals surface area contributed by atoms with Gasteiger partial charge in [0.15, 0.2) is 23.0 Å². The Morgan fingerprint density at radius 2 is 1.55 bits per heavy atom. The van der Waals surface area contributed by atoms with Gasteiger partial charge < -0.3 is 18.9 Å². The first-order valence-corrected chi connectivity index (χ1v) is 9.31. The highest BCUT2D eigenvalue weighted by molar-refractivity contribution is 5.88. The van der Waals surface area contributed by atoms with Crippen LogP contribution in [0.3, 0.4) is 0 Å². The summed E-state index contributed by atoms with van der Waals surface area (Å²) in [5, 5.41) is 4.08. The van der Waals surface area contributed by atoms with E-state index in [0.29, 0.717) is 39.4 Å². The maximum absolute atomic E-state index is 12.7. The molecule has 0 bridgehead atoms. The lowest BCUT2D eigenvalue weighted by Gasteiger charge is -2.12. The van der Waals surface area contributed by atoms with Gasteiger partial charge in [0.05, 0.1) is 45.2 Å². The molecule has 31 heavy (non-hydrogen) atoms. The van der Waals surface area contributed by atoms with Gasteiger partial charge in [-0.15, -0.1) is 0 Å². The monoisotopic (exact) mass is 423 g/mol. The molecule has 0 spiro atoms. The molecule has 0 amide bonds. The molecule has 2 aromatic heterocycles. The topological polar surface area (TPSA) is 120 Å². The summed E-state index contributed by atoms with van der Waals surface area (Å²) in [5.74, 6) is 2.38. The van der Waals surface area contributed by atoms with Gasteiger partial charge in [0.25, 0.3) is 5.56 Å². The largest absolute Gasteiger partial charge is 0.493 e.